The van der Waals surface area contributed by atoms with Crippen LogP contribution in [0.15, 0.2) is 48.5 Å². The van der Waals surface area contributed by atoms with Crippen LogP contribution in [0.1, 0.15) is 79.0 Å². The fourth-order valence-corrected chi connectivity index (χ4v) is 6.18. The van der Waals surface area contributed by atoms with Crippen molar-refractivity contribution in [2.24, 2.45) is 0 Å². The third-order valence-electron chi connectivity index (χ3n) is 6.89. The quantitative estimate of drug-likeness (QED) is 0.149. The first-order valence-corrected chi connectivity index (χ1v) is 14.0. The van der Waals surface area contributed by atoms with Crippen LogP contribution in [0.3, 0.4) is 0 Å². The van der Waals surface area contributed by atoms with Crippen molar-refractivity contribution in [1.29, 1.82) is 0 Å². The minimum Gasteiger partial charge on any atom is -0.0613 e. The van der Waals surface area contributed by atoms with Crippen LogP contribution in [-0.2, 0) is 16.2 Å². The Balaban J connectivity index is 2.18. The molecule has 3 aromatic carbocycles. The number of hydrogen-bond acceptors (Lipinski definition) is 0. The molecule has 4 rings (SSSR count). The third kappa shape index (κ3) is 4.70. The van der Waals surface area contributed by atoms with E-state index in [9.17, 15) is 0 Å². The molecule has 0 bridgehead atoms. The molecule has 1 aliphatic rings. The standard InChI is InChI=1S/C30H35BI2/c1-28(2,3)18-14-23(29(4,5)6)27(24(15-18)30(7,8)9)31-25-16-19(32)10-12-21(25)22-13-11-20(33)17-26(22)31/h10-17H,1-9H3. The van der Waals surface area contributed by atoms with E-state index < -0.39 is 0 Å². The fourth-order valence-electron chi connectivity index (χ4n) is 5.15. The van der Waals surface area contributed by atoms with Gasteiger partial charge in [-0.2, -0.15) is 0 Å². The molecule has 33 heavy (non-hydrogen) atoms. The van der Waals surface area contributed by atoms with Crippen molar-refractivity contribution >= 4 is 68.3 Å². The van der Waals surface area contributed by atoms with E-state index in [2.05, 4.69) is 156 Å². The third-order valence-corrected chi connectivity index (χ3v) is 8.23. The molecule has 0 fully saturated rings. The highest BCUT2D eigenvalue weighted by molar-refractivity contribution is 14.1. The molecule has 3 aromatic rings. The smallest absolute Gasteiger partial charge is 0.0613 e. The summed E-state index contributed by atoms with van der Waals surface area (Å²) in [5, 5.41) is 0. The number of fused-ring (bicyclic) bond motifs is 3. The van der Waals surface area contributed by atoms with E-state index in [4.69, 9.17) is 0 Å². The van der Waals surface area contributed by atoms with E-state index >= 15 is 0 Å². The lowest BCUT2D eigenvalue weighted by Gasteiger charge is -2.35. The van der Waals surface area contributed by atoms with Gasteiger partial charge in [-0.1, -0.05) is 115 Å². The van der Waals surface area contributed by atoms with E-state index in [1.165, 1.54) is 51.3 Å². The summed E-state index contributed by atoms with van der Waals surface area (Å²) in [6.45, 7) is 21.6. The summed E-state index contributed by atoms with van der Waals surface area (Å²) in [5.74, 6) is 0. The van der Waals surface area contributed by atoms with Gasteiger partial charge in [-0.05, 0) is 101 Å². The second-order valence-electron chi connectivity index (χ2n) is 12.6. The Morgan fingerprint density at radius 2 is 0.939 bits per heavy atom. The Hall–Kier alpha value is -0.815. The molecular weight excluding hydrogens is 625 g/mol. The summed E-state index contributed by atoms with van der Waals surface area (Å²) in [6.07, 6.45) is 0. The maximum Gasteiger partial charge on any atom is 0.243 e. The summed E-state index contributed by atoms with van der Waals surface area (Å²) in [7, 11) is 0. The van der Waals surface area contributed by atoms with Gasteiger partial charge in [-0.15, -0.1) is 0 Å². The molecular formula is C30H35BI2. The van der Waals surface area contributed by atoms with Gasteiger partial charge in [0.2, 0.25) is 6.71 Å². The van der Waals surface area contributed by atoms with Crippen molar-refractivity contribution in [3.8, 4) is 11.1 Å². The summed E-state index contributed by atoms with van der Waals surface area (Å²) in [5.41, 5.74) is 11.8. The molecule has 0 saturated heterocycles. The molecule has 0 N–H and O–H groups in total. The second-order valence-corrected chi connectivity index (χ2v) is 15.1. The summed E-state index contributed by atoms with van der Waals surface area (Å²) in [6, 6.07) is 19.0. The molecule has 3 heteroatoms. The second kappa shape index (κ2) is 8.39. The van der Waals surface area contributed by atoms with E-state index in [0.717, 1.165) is 0 Å². The molecule has 0 atom stereocenters. The number of halogens is 2. The van der Waals surface area contributed by atoms with Crippen molar-refractivity contribution < 1.29 is 0 Å². The van der Waals surface area contributed by atoms with Crippen LogP contribution in [0.2, 0.25) is 0 Å². The fraction of sp³-hybridized carbons (Fsp3) is 0.400. The Morgan fingerprint density at radius 1 is 0.545 bits per heavy atom. The van der Waals surface area contributed by atoms with Gasteiger partial charge in [-0.3, -0.25) is 0 Å². The monoisotopic (exact) mass is 660 g/mol. The number of hydrogen-bond donors (Lipinski definition) is 0. The lowest BCUT2D eigenvalue weighted by Crippen LogP contribution is -2.54. The highest BCUT2D eigenvalue weighted by atomic mass is 127. The van der Waals surface area contributed by atoms with Gasteiger partial charge in [0, 0.05) is 7.14 Å². The molecule has 1 aliphatic heterocycles. The molecule has 0 amide bonds. The van der Waals surface area contributed by atoms with Crippen LogP contribution in [0.4, 0.5) is 0 Å². The molecule has 0 spiro atoms. The molecule has 0 radical (unpaired) electrons. The molecule has 0 nitrogen and oxygen atoms in total. The predicted molar refractivity (Wildman–Crippen MR) is 165 cm³/mol. The average Bonchev–Trinajstić information content (AvgIpc) is 2.96. The minimum atomic E-state index is 0.0450. The Morgan fingerprint density at radius 3 is 1.27 bits per heavy atom. The molecule has 172 valence electrons. The molecule has 0 aliphatic carbocycles. The first kappa shape index (κ1) is 25.3. The number of benzene rings is 3. The summed E-state index contributed by atoms with van der Waals surface area (Å²) in [4.78, 5) is 0. The zero-order chi connectivity index (χ0) is 24.5. The van der Waals surface area contributed by atoms with Crippen LogP contribution in [0.5, 0.6) is 0 Å². The van der Waals surface area contributed by atoms with Crippen LogP contribution >= 0.6 is 45.2 Å². The highest BCUT2D eigenvalue weighted by Gasteiger charge is 2.40. The topological polar surface area (TPSA) is 0 Å². The molecule has 0 aromatic heterocycles. The molecule has 1 heterocycles. The molecule has 0 saturated carbocycles. The van der Waals surface area contributed by atoms with Crippen molar-refractivity contribution in [3.05, 3.63) is 72.4 Å². The van der Waals surface area contributed by atoms with Gasteiger partial charge in [-0.25, -0.2) is 0 Å². The van der Waals surface area contributed by atoms with Gasteiger partial charge in [0.05, 0.1) is 0 Å². The minimum absolute atomic E-state index is 0.0450. The van der Waals surface area contributed by atoms with Gasteiger partial charge in [0.15, 0.2) is 0 Å². The van der Waals surface area contributed by atoms with E-state index in [1.54, 1.807) is 0 Å². The number of rotatable bonds is 1. The zero-order valence-electron chi connectivity index (χ0n) is 21.5. The van der Waals surface area contributed by atoms with Crippen LogP contribution in [-0.4, -0.2) is 6.71 Å². The van der Waals surface area contributed by atoms with Gasteiger partial charge >= 0.3 is 0 Å². The van der Waals surface area contributed by atoms with E-state index in [1.807, 2.05) is 0 Å². The maximum atomic E-state index is 2.52. The van der Waals surface area contributed by atoms with Gasteiger partial charge < -0.3 is 0 Å². The predicted octanol–water partition coefficient (Wildman–Crippen LogP) is 7.28. The van der Waals surface area contributed by atoms with Crippen molar-refractivity contribution in [1.82, 2.24) is 0 Å². The Kier molecular flexibility index (Phi) is 6.43. The first-order chi connectivity index (χ1) is 15.1. The maximum absolute atomic E-state index is 2.52. The Labute approximate surface area is 228 Å². The van der Waals surface area contributed by atoms with Gasteiger partial charge in [0.25, 0.3) is 0 Å². The summed E-state index contributed by atoms with van der Waals surface area (Å²) >= 11 is 4.95. The van der Waals surface area contributed by atoms with Gasteiger partial charge in [0.1, 0.15) is 0 Å². The van der Waals surface area contributed by atoms with Crippen molar-refractivity contribution in [2.45, 2.75) is 78.6 Å². The van der Waals surface area contributed by atoms with Crippen LogP contribution in [0, 0.1) is 7.14 Å². The normalized spacial score (nSPS) is 13.8. The first-order valence-electron chi connectivity index (χ1n) is 11.9. The average molecular weight is 660 g/mol. The molecule has 0 unspecified atom stereocenters. The van der Waals surface area contributed by atoms with Crippen molar-refractivity contribution in [2.75, 3.05) is 0 Å². The zero-order valence-corrected chi connectivity index (χ0v) is 25.8. The van der Waals surface area contributed by atoms with E-state index in [-0.39, 0.29) is 23.0 Å². The van der Waals surface area contributed by atoms with Crippen LogP contribution in [0.25, 0.3) is 11.1 Å². The summed E-state index contributed by atoms with van der Waals surface area (Å²) < 4.78 is 2.61. The van der Waals surface area contributed by atoms with E-state index in [0.29, 0.717) is 0 Å². The highest BCUT2D eigenvalue weighted by Crippen LogP contribution is 2.35. The van der Waals surface area contributed by atoms with Crippen LogP contribution < -0.4 is 16.4 Å². The lowest BCUT2D eigenvalue weighted by molar-refractivity contribution is 0.553. The SMILES string of the molecule is CC(C)(C)c1cc(C(C)(C)C)c(B2c3cc(I)ccc3-c3ccc(I)cc32)c(C(C)(C)C)c1. The van der Waals surface area contributed by atoms with Crippen molar-refractivity contribution in [3.63, 3.8) is 0 Å². The largest absolute Gasteiger partial charge is 0.243 e. The lowest BCUT2D eigenvalue weighted by atomic mass is 9.36. The Bertz CT molecular complexity index is 1150.